The largest absolute Gasteiger partial charge is 0.497 e. The molecule has 142 valence electrons. The maximum atomic E-state index is 13.1. The molecule has 0 spiro atoms. The third kappa shape index (κ3) is 3.92. The molecule has 1 aliphatic heterocycles. The number of rotatable bonds is 5. The Labute approximate surface area is 160 Å². The van der Waals surface area contributed by atoms with Crippen LogP contribution in [-0.4, -0.2) is 40.0 Å². The van der Waals surface area contributed by atoms with Crippen molar-refractivity contribution in [1.82, 2.24) is 4.31 Å². The molecule has 26 heavy (non-hydrogen) atoms. The predicted molar refractivity (Wildman–Crippen MR) is 102 cm³/mol. The first-order valence-electron chi connectivity index (χ1n) is 8.70. The molecule has 0 aromatic heterocycles. The number of sulfonamides is 1. The van der Waals surface area contributed by atoms with Crippen LogP contribution < -0.4 is 9.47 Å². The van der Waals surface area contributed by atoms with Gasteiger partial charge in [0.25, 0.3) is 0 Å². The fourth-order valence-corrected chi connectivity index (χ4v) is 5.46. The number of nitrogens with zero attached hydrogens (tertiary/aromatic N) is 1. The Kier molecular flexibility index (Phi) is 5.95. The number of ether oxygens (including phenoxy) is 2. The summed E-state index contributed by atoms with van der Waals surface area (Å²) in [5.41, 5.74) is 0. The highest BCUT2D eigenvalue weighted by molar-refractivity contribution is 7.89. The molecule has 7 heteroatoms. The van der Waals surface area contributed by atoms with Gasteiger partial charge in [0.2, 0.25) is 10.0 Å². The van der Waals surface area contributed by atoms with E-state index in [-0.39, 0.29) is 4.90 Å². The summed E-state index contributed by atoms with van der Waals surface area (Å²) in [6.07, 6.45) is 8.79. The van der Waals surface area contributed by atoms with Gasteiger partial charge in [-0.1, -0.05) is 29.8 Å². The highest BCUT2D eigenvalue weighted by Crippen LogP contribution is 2.36. The lowest BCUT2D eigenvalue weighted by atomic mass is 9.83. The van der Waals surface area contributed by atoms with E-state index in [1.165, 1.54) is 20.3 Å². The van der Waals surface area contributed by atoms with Crippen LogP contribution in [0.4, 0.5) is 0 Å². The van der Waals surface area contributed by atoms with Gasteiger partial charge in [-0.15, -0.1) is 0 Å². The van der Waals surface area contributed by atoms with Gasteiger partial charge in [0, 0.05) is 30.6 Å². The summed E-state index contributed by atoms with van der Waals surface area (Å²) in [4.78, 5) is 0.151. The summed E-state index contributed by atoms with van der Waals surface area (Å²) in [5.74, 6) is 1.54. The van der Waals surface area contributed by atoms with Crippen LogP contribution in [0.5, 0.6) is 11.5 Å². The van der Waals surface area contributed by atoms with E-state index < -0.39 is 10.0 Å². The highest BCUT2D eigenvalue weighted by atomic mass is 35.5. The molecule has 0 amide bonds. The fourth-order valence-electron chi connectivity index (χ4n) is 3.59. The molecule has 1 aliphatic carbocycles. The molecule has 5 nitrogen and oxygen atoms in total. The van der Waals surface area contributed by atoms with Gasteiger partial charge in [-0.05, 0) is 36.8 Å². The Morgan fingerprint density at radius 2 is 1.88 bits per heavy atom. The average Bonchev–Trinajstić information content (AvgIpc) is 2.67. The third-order valence-corrected chi connectivity index (χ3v) is 7.28. The van der Waals surface area contributed by atoms with Crippen LogP contribution in [0.25, 0.3) is 0 Å². The monoisotopic (exact) mass is 397 g/mol. The molecular weight excluding hydrogens is 374 g/mol. The SMILES string of the molecule is COc1ccc(OC)c(S(=O)(=O)N2CCC(C3C=CCC(Cl)=C3)CC2)c1. The van der Waals surface area contributed by atoms with E-state index in [9.17, 15) is 8.42 Å². The normalized spacial score (nSPS) is 22.1. The quantitative estimate of drug-likeness (QED) is 0.709. The number of allylic oxidation sites excluding steroid dienone is 4. The summed E-state index contributed by atoms with van der Waals surface area (Å²) in [7, 11) is -0.649. The minimum atomic E-state index is -3.63. The molecule has 1 aromatic rings. The van der Waals surface area contributed by atoms with E-state index in [1.807, 2.05) is 0 Å². The van der Waals surface area contributed by atoms with Crippen molar-refractivity contribution in [1.29, 1.82) is 0 Å². The van der Waals surface area contributed by atoms with Crippen molar-refractivity contribution in [2.24, 2.45) is 11.8 Å². The van der Waals surface area contributed by atoms with Crippen LogP contribution in [0.15, 0.2) is 46.4 Å². The van der Waals surface area contributed by atoms with Gasteiger partial charge in [-0.2, -0.15) is 4.31 Å². The van der Waals surface area contributed by atoms with Gasteiger partial charge < -0.3 is 9.47 Å². The van der Waals surface area contributed by atoms with Crippen LogP contribution in [0.1, 0.15) is 19.3 Å². The van der Waals surface area contributed by atoms with E-state index >= 15 is 0 Å². The summed E-state index contributed by atoms with van der Waals surface area (Å²) in [5, 5.41) is 0.869. The van der Waals surface area contributed by atoms with Gasteiger partial charge in [0.1, 0.15) is 16.4 Å². The zero-order chi connectivity index (χ0) is 18.7. The number of hydrogen-bond acceptors (Lipinski definition) is 4. The molecule has 1 aromatic carbocycles. The molecule has 2 aliphatic rings. The van der Waals surface area contributed by atoms with Crippen LogP contribution in [0.2, 0.25) is 0 Å². The van der Waals surface area contributed by atoms with Crippen molar-refractivity contribution in [3.05, 3.63) is 41.5 Å². The predicted octanol–water partition coefficient (Wildman–Crippen LogP) is 3.80. The lowest BCUT2D eigenvalue weighted by Gasteiger charge is -2.34. The number of hydrogen-bond donors (Lipinski definition) is 0. The lowest BCUT2D eigenvalue weighted by Crippen LogP contribution is -2.39. The number of benzene rings is 1. The Bertz CT molecular complexity index is 811. The van der Waals surface area contributed by atoms with Crippen LogP contribution in [-0.2, 0) is 10.0 Å². The molecule has 1 fully saturated rings. The number of halogens is 1. The Balaban J connectivity index is 1.76. The number of piperidine rings is 1. The van der Waals surface area contributed by atoms with Crippen molar-refractivity contribution < 1.29 is 17.9 Å². The van der Waals surface area contributed by atoms with Crippen molar-refractivity contribution >= 4 is 21.6 Å². The molecule has 1 heterocycles. The standard InChI is InChI=1S/C19H24ClNO4S/c1-24-17-6-7-18(25-2)19(13-17)26(22,23)21-10-8-14(9-11-21)15-4-3-5-16(20)12-15/h3-4,6-7,12-15H,5,8-11H2,1-2H3. The van der Waals surface area contributed by atoms with Gasteiger partial charge >= 0.3 is 0 Å². The van der Waals surface area contributed by atoms with Crippen LogP contribution >= 0.6 is 11.6 Å². The molecule has 0 saturated carbocycles. The summed E-state index contributed by atoms with van der Waals surface area (Å²) >= 11 is 6.15. The van der Waals surface area contributed by atoms with Crippen LogP contribution in [0.3, 0.4) is 0 Å². The van der Waals surface area contributed by atoms with Crippen molar-refractivity contribution in [2.45, 2.75) is 24.2 Å². The smallest absolute Gasteiger partial charge is 0.246 e. The summed E-state index contributed by atoms with van der Waals surface area (Å²) in [6, 6.07) is 4.83. The number of methoxy groups -OCH3 is 2. The maximum absolute atomic E-state index is 13.1. The molecule has 0 radical (unpaired) electrons. The molecule has 3 rings (SSSR count). The second-order valence-electron chi connectivity index (χ2n) is 6.58. The van der Waals surface area contributed by atoms with E-state index in [2.05, 4.69) is 18.2 Å². The maximum Gasteiger partial charge on any atom is 0.246 e. The zero-order valence-corrected chi connectivity index (χ0v) is 16.6. The Hall–Kier alpha value is -1.50. The van der Waals surface area contributed by atoms with Gasteiger partial charge in [-0.3, -0.25) is 0 Å². The van der Waals surface area contributed by atoms with Crippen LogP contribution in [0, 0.1) is 11.8 Å². The second-order valence-corrected chi connectivity index (χ2v) is 8.97. The van der Waals surface area contributed by atoms with Gasteiger partial charge in [0.15, 0.2) is 0 Å². The highest BCUT2D eigenvalue weighted by Gasteiger charge is 2.33. The summed E-state index contributed by atoms with van der Waals surface area (Å²) in [6.45, 7) is 0.978. The minimum Gasteiger partial charge on any atom is -0.497 e. The fraction of sp³-hybridized carbons (Fsp3) is 0.474. The zero-order valence-electron chi connectivity index (χ0n) is 15.0. The Morgan fingerprint density at radius 3 is 2.50 bits per heavy atom. The van der Waals surface area contributed by atoms with E-state index in [0.29, 0.717) is 36.4 Å². The van der Waals surface area contributed by atoms with E-state index in [1.54, 1.807) is 16.4 Å². The molecule has 1 atom stereocenters. The first kappa shape index (κ1) is 19.3. The van der Waals surface area contributed by atoms with Crippen molar-refractivity contribution in [3.63, 3.8) is 0 Å². The van der Waals surface area contributed by atoms with Gasteiger partial charge in [0.05, 0.1) is 14.2 Å². The average molecular weight is 398 g/mol. The lowest BCUT2D eigenvalue weighted by molar-refractivity contribution is 0.249. The molecular formula is C19H24ClNO4S. The second kappa shape index (κ2) is 8.03. The van der Waals surface area contributed by atoms with Gasteiger partial charge in [-0.25, -0.2) is 8.42 Å². The molecule has 1 unspecified atom stereocenters. The first-order chi connectivity index (χ1) is 12.5. The van der Waals surface area contributed by atoms with E-state index in [0.717, 1.165) is 24.3 Å². The molecule has 0 bridgehead atoms. The first-order valence-corrected chi connectivity index (χ1v) is 10.5. The summed E-state index contributed by atoms with van der Waals surface area (Å²) < 4.78 is 38.2. The topological polar surface area (TPSA) is 55.8 Å². The molecule has 1 saturated heterocycles. The molecule has 0 N–H and O–H groups in total. The Morgan fingerprint density at radius 1 is 1.15 bits per heavy atom. The van der Waals surface area contributed by atoms with E-state index in [4.69, 9.17) is 21.1 Å². The third-order valence-electron chi connectivity index (χ3n) is 5.08. The minimum absolute atomic E-state index is 0.151. The van der Waals surface area contributed by atoms with Crippen molar-refractivity contribution in [2.75, 3.05) is 27.3 Å². The van der Waals surface area contributed by atoms with Crippen molar-refractivity contribution in [3.8, 4) is 11.5 Å².